The molecule has 0 aliphatic carbocycles. The molecule has 0 saturated carbocycles. The molecule has 21 heavy (non-hydrogen) atoms. The molecule has 118 valence electrons. The van der Waals surface area contributed by atoms with Crippen LogP contribution in [0.25, 0.3) is 0 Å². The minimum absolute atomic E-state index is 0.284. The summed E-state index contributed by atoms with van der Waals surface area (Å²) in [5.41, 5.74) is 2.51. The fraction of sp³-hybridized carbons (Fsp3) is 0.647. The first kappa shape index (κ1) is 16.7. The lowest BCUT2D eigenvalue weighted by Gasteiger charge is -2.37. The molecule has 1 atom stereocenters. The lowest BCUT2D eigenvalue weighted by atomic mass is 9.97. The first-order chi connectivity index (χ1) is 10.1. The molecule has 1 fully saturated rings. The molecule has 1 heterocycles. The van der Waals surface area contributed by atoms with Crippen molar-refractivity contribution in [3.8, 4) is 5.75 Å². The third-order valence-corrected chi connectivity index (χ3v) is 5.84. The van der Waals surface area contributed by atoms with E-state index in [1.165, 1.54) is 11.1 Å². The fourth-order valence-electron chi connectivity index (χ4n) is 2.84. The lowest BCUT2D eigenvalue weighted by Crippen LogP contribution is -2.43. The Kier molecular flexibility index (Phi) is 5.97. The van der Waals surface area contributed by atoms with Crippen molar-refractivity contribution in [2.45, 2.75) is 37.5 Å². The van der Waals surface area contributed by atoms with E-state index in [1.54, 1.807) is 7.11 Å². The van der Waals surface area contributed by atoms with Crippen LogP contribution in [0.1, 0.15) is 36.9 Å². The molecule has 1 N–H and O–H groups in total. The monoisotopic (exact) mass is 309 g/mol. The first-order valence-corrected chi connectivity index (χ1v) is 8.83. The van der Waals surface area contributed by atoms with E-state index >= 15 is 0 Å². The number of hydrogen-bond donors (Lipinski definition) is 1. The van der Waals surface area contributed by atoms with Crippen molar-refractivity contribution in [3.63, 3.8) is 0 Å². The zero-order valence-corrected chi connectivity index (χ0v) is 14.4. The van der Waals surface area contributed by atoms with E-state index < -0.39 is 0 Å². The van der Waals surface area contributed by atoms with Crippen LogP contribution in [0.2, 0.25) is 0 Å². The Morgan fingerprint density at radius 3 is 2.71 bits per heavy atom. The van der Waals surface area contributed by atoms with Gasteiger partial charge in [0.05, 0.1) is 7.11 Å². The van der Waals surface area contributed by atoms with Crippen molar-refractivity contribution in [1.29, 1.82) is 0 Å². The zero-order chi connectivity index (χ0) is 15.3. The summed E-state index contributed by atoms with van der Waals surface area (Å²) in [5.74, 6) is 0.964. The van der Waals surface area contributed by atoms with Gasteiger partial charge < -0.3 is 14.8 Å². The molecule has 2 rings (SSSR count). The minimum atomic E-state index is 0.284. The maximum atomic E-state index is 5.51. The largest absolute Gasteiger partial charge is 0.496 e. The second-order valence-corrected chi connectivity index (χ2v) is 7.12. The Morgan fingerprint density at radius 2 is 2.10 bits per heavy atom. The number of hydrogen-bond acceptors (Lipinski definition) is 4. The molecule has 0 spiro atoms. The van der Waals surface area contributed by atoms with Crippen LogP contribution < -0.4 is 10.1 Å². The van der Waals surface area contributed by atoms with Gasteiger partial charge >= 0.3 is 0 Å². The Bertz CT molecular complexity index is 458. The standard InChI is InChI=1S/C17H27NO2S/c1-13-5-6-16(19-3)15(11-13)14(2)18-12-17(21-4)7-9-20-10-8-17/h5-6,11,14,18H,7-10,12H2,1-4H3/t14-/m0/s1. The molecule has 1 aliphatic heterocycles. The van der Waals surface area contributed by atoms with E-state index in [4.69, 9.17) is 9.47 Å². The van der Waals surface area contributed by atoms with Crippen LogP contribution in [-0.2, 0) is 4.74 Å². The second kappa shape index (κ2) is 7.52. The number of benzene rings is 1. The van der Waals surface area contributed by atoms with Gasteiger partial charge in [-0.25, -0.2) is 0 Å². The molecule has 0 radical (unpaired) electrons. The normalized spacial score (nSPS) is 19.2. The summed E-state index contributed by atoms with van der Waals surface area (Å²) in [6.45, 7) is 7.10. The molecule has 0 bridgehead atoms. The van der Waals surface area contributed by atoms with Crippen LogP contribution in [0.4, 0.5) is 0 Å². The quantitative estimate of drug-likeness (QED) is 0.870. The van der Waals surface area contributed by atoms with Gasteiger partial charge in [-0.05, 0) is 39.0 Å². The molecule has 0 amide bonds. The molecular weight excluding hydrogens is 282 g/mol. The molecule has 3 nitrogen and oxygen atoms in total. The molecule has 1 aromatic carbocycles. The first-order valence-electron chi connectivity index (χ1n) is 7.61. The Morgan fingerprint density at radius 1 is 1.38 bits per heavy atom. The number of ether oxygens (including phenoxy) is 2. The summed E-state index contributed by atoms with van der Waals surface area (Å²) >= 11 is 1.97. The highest BCUT2D eigenvalue weighted by Gasteiger charge is 2.32. The van der Waals surface area contributed by atoms with E-state index in [9.17, 15) is 0 Å². The van der Waals surface area contributed by atoms with E-state index in [0.29, 0.717) is 4.75 Å². The van der Waals surface area contributed by atoms with Crippen molar-refractivity contribution in [2.24, 2.45) is 0 Å². The van der Waals surface area contributed by atoms with E-state index in [1.807, 2.05) is 11.8 Å². The average molecular weight is 309 g/mol. The highest BCUT2D eigenvalue weighted by atomic mass is 32.2. The Labute approximate surface area is 132 Å². The highest BCUT2D eigenvalue weighted by Crippen LogP contribution is 2.34. The summed E-state index contributed by atoms with van der Waals surface area (Å²) in [7, 11) is 1.74. The maximum Gasteiger partial charge on any atom is 0.123 e. The lowest BCUT2D eigenvalue weighted by molar-refractivity contribution is 0.0766. The van der Waals surface area contributed by atoms with E-state index in [0.717, 1.165) is 38.3 Å². The number of aryl methyl sites for hydroxylation is 1. The van der Waals surface area contributed by atoms with Crippen LogP contribution in [-0.4, -0.2) is 37.9 Å². The summed E-state index contributed by atoms with van der Waals surface area (Å²) in [4.78, 5) is 0. The molecule has 0 unspecified atom stereocenters. The second-order valence-electron chi connectivity index (χ2n) is 5.85. The third kappa shape index (κ3) is 4.15. The predicted octanol–water partition coefficient (Wildman–Crippen LogP) is 3.57. The van der Waals surface area contributed by atoms with Gasteiger partial charge in [-0.3, -0.25) is 0 Å². The topological polar surface area (TPSA) is 30.5 Å². The molecular formula is C17H27NO2S. The molecule has 1 aromatic rings. The molecule has 0 aromatic heterocycles. The van der Waals surface area contributed by atoms with E-state index in [2.05, 4.69) is 43.6 Å². The van der Waals surface area contributed by atoms with Gasteiger partial charge in [-0.15, -0.1) is 0 Å². The molecule has 1 aliphatic rings. The fourth-order valence-corrected chi connectivity index (χ4v) is 3.64. The highest BCUT2D eigenvalue weighted by molar-refractivity contribution is 8.00. The third-order valence-electron chi connectivity index (χ3n) is 4.42. The van der Waals surface area contributed by atoms with Crippen LogP contribution in [0, 0.1) is 6.92 Å². The smallest absolute Gasteiger partial charge is 0.123 e. The number of thioether (sulfide) groups is 1. The maximum absolute atomic E-state index is 5.51. The van der Waals surface area contributed by atoms with Crippen LogP contribution >= 0.6 is 11.8 Å². The number of nitrogens with one attached hydrogen (secondary N) is 1. The van der Waals surface area contributed by atoms with Gasteiger partial charge in [0, 0.05) is 36.1 Å². The molecule has 4 heteroatoms. The van der Waals surface area contributed by atoms with Crippen molar-refractivity contribution in [2.75, 3.05) is 33.1 Å². The Hall–Kier alpha value is -0.710. The Balaban J connectivity index is 2.04. The number of methoxy groups -OCH3 is 1. The van der Waals surface area contributed by atoms with Crippen LogP contribution in [0.3, 0.4) is 0 Å². The number of rotatable bonds is 6. The minimum Gasteiger partial charge on any atom is -0.496 e. The zero-order valence-electron chi connectivity index (χ0n) is 13.6. The summed E-state index contributed by atoms with van der Waals surface area (Å²) in [6.07, 6.45) is 4.46. The molecule has 1 saturated heterocycles. The van der Waals surface area contributed by atoms with Crippen molar-refractivity contribution < 1.29 is 9.47 Å². The van der Waals surface area contributed by atoms with Gasteiger partial charge in [-0.1, -0.05) is 17.7 Å². The van der Waals surface area contributed by atoms with Gasteiger partial charge in [0.1, 0.15) is 5.75 Å². The van der Waals surface area contributed by atoms with Gasteiger partial charge in [0.25, 0.3) is 0 Å². The summed E-state index contributed by atoms with van der Waals surface area (Å²) in [6, 6.07) is 6.65. The van der Waals surface area contributed by atoms with Crippen LogP contribution in [0.5, 0.6) is 5.75 Å². The van der Waals surface area contributed by atoms with E-state index in [-0.39, 0.29) is 6.04 Å². The SMILES string of the molecule is COc1ccc(C)cc1[C@H](C)NCC1(SC)CCOCC1. The predicted molar refractivity (Wildman–Crippen MR) is 90.4 cm³/mol. The summed E-state index contributed by atoms with van der Waals surface area (Å²) in [5, 5.41) is 3.71. The van der Waals surface area contributed by atoms with Crippen molar-refractivity contribution in [1.82, 2.24) is 5.32 Å². The van der Waals surface area contributed by atoms with Gasteiger partial charge in [0.2, 0.25) is 0 Å². The van der Waals surface area contributed by atoms with Crippen LogP contribution in [0.15, 0.2) is 18.2 Å². The van der Waals surface area contributed by atoms with Crippen molar-refractivity contribution >= 4 is 11.8 Å². The van der Waals surface area contributed by atoms with Gasteiger partial charge in [0.15, 0.2) is 0 Å². The van der Waals surface area contributed by atoms with Crippen molar-refractivity contribution in [3.05, 3.63) is 29.3 Å². The summed E-state index contributed by atoms with van der Waals surface area (Å²) < 4.78 is 11.3. The van der Waals surface area contributed by atoms with Gasteiger partial charge in [-0.2, -0.15) is 11.8 Å². The average Bonchev–Trinajstić information content (AvgIpc) is 2.53.